The highest BCUT2D eigenvalue weighted by atomic mass is 35.5. The van der Waals surface area contributed by atoms with Gasteiger partial charge in [0.25, 0.3) is 0 Å². The molecule has 2 bridgehead atoms. The Kier molecular flexibility index (Phi) is 4.66. The monoisotopic (exact) mass is 480 g/mol. The number of fused-ring (bicyclic) bond motifs is 4. The first kappa shape index (κ1) is 20.1. The lowest BCUT2D eigenvalue weighted by atomic mass is 9.98. The molecule has 7 nitrogen and oxygen atoms in total. The summed E-state index contributed by atoms with van der Waals surface area (Å²) in [6.45, 7) is 1.55. The fourth-order valence-electron chi connectivity index (χ4n) is 5.90. The maximum absolute atomic E-state index is 6.92. The van der Waals surface area contributed by atoms with Crippen LogP contribution >= 0.6 is 22.9 Å². The van der Waals surface area contributed by atoms with Gasteiger partial charge in [-0.2, -0.15) is 0 Å². The smallest absolute Gasteiger partial charge is 0.159 e. The summed E-state index contributed by atoms with van der Waals surface area (Å²) in [6, 6.07) is 5.36. The van der Waals surface area contributed by atoms with Crippen molar-refractivity contribution in [3.63, 3.8) is 0 Å². The molecule has 0 radical (unpaired) electrons. The van der Waals surface area contributed by atoms with Crippen LogP contribution < -0.4 is 10.6 Å². The van der Waals surface area contributed by atoms with Crippen molar-refractivity contribution in [3.8, 4) is 11.1 Å². The fraction of sp³-hybridized carbons (Fsp3) is 0.458. The highest BCUT2D eigenvalue weighted by Crippen LogP contribution is 2.42. The Morgan fingerprint density at radius 1 is 1.12 bits per heavy atom. The Morgan fingerprint density at radius 2 is 1.97 bits per heavy atom. The van der Waals surface area contributed by atoms with Crippen LogP contribution in [0.4, 0.5) is 5.82 Å². The van der Waals surface area contributed by atoms with Gasteiger partial charge < -0.3 is 20.4 Å². The second kappa shape index (κ2) is 7.63. The second-order valence-corrected chi connectivity index (χ2v) is 10.9. The van der Waals surface area contributed by atoms with Gasteiger partial charge in [0.05, 0.1) is 33.1 Å². The lowest BCUT2D eigenvalue weighted by Crippen LogP contribution is -2.47. The fourth-order valence-corrected chi connectivity index (χ4v) is 7.40. The number of ether oxygens (including phenoxy) is 1. The van der Waals surface area contributed by atoms with E-state index < -0.39 is 0 Å². The number of anilines is 1. The summed E-state index contributed by atoms with van der Waals surface area (Å²) in [5, 5.41) is 1.84. The zero-order valence-electron chi connectivity index (χ0n) is 18.1. The molecule has 3 fully saturated rings. The maximum atomic E-state index is 6.92. The molecule has 3 saturated heterocycles. The first-order valence-corrected chi connectivity index (χ1v) is 12.9. The third-order valence-corrected chi connectivity index (χ3v) is 9.24. The number of benzene rings is 1. The van der Waals surface area contributed by atoms with Gasteiger partial charge in [-0.1, -0.05) is 17.7 Å². The number of halogens is 1. The van der Waals surface area contributed by atoms with Gasteiger partial charge >= 0.3 is 0 Å². The molecule has 3 aliphatic rings. The number of H-pyrrole nitrogens is 1. The van der Waals surface area contributed by atoms with E-state index in [1.165, 1.54) is 12.8 Å². The number of aromatic nitrogens is 4. The third kappa shape index (κ3) is 3.19. The average Bonchev–Trinajstić information content (AvgIpc) is 3.59. The zero-order valence-corrected chi connectivity index (χ0v) is 19.7. The van der Waals surface area contributed by atoms with Gasteiger partial charge in [0.15, 0.2) is 5.65 Å². The van der Waals surface area contributed by atoms with Crippen LogP contribution in [0.15, 0.2) is 24.5 Å². The van der Waals surface area contributed by atoms with Gasteiger partial charge in [0, 0.05) is 48.0 Å². The molecule has 7 rings (SSSR count). The van der Waals surface area contributed by atoms with Crippen molar-refractivity contribution in [1.82, 2.24) is 19.9 Å². The number of nitrogens with one attached hydrogen (secondary N) is 1. The first-order chi connectivity index (χ1) is 16.2. The number of hydrogen-bond donors (Lipinski definition) is 2. The van der Waals surface area contributed by atoms with E-state index in [4.69, 9.17) is 37.0 Å². The molecule has 0 saturated carbocycles. The lowest BCUT2D eigenvalue weighted by molar-refractivity contribution is 0.194. The number of aromatic amines is 1. The van der Waals surface area contributed by atoms with Crippen molar-refractivity contribution in [2.24, 2.45) is 5.73 Å². The Labute approximate surface area is 200 Å². The molecule has 3 aromatic heterocycles. The van der Waals surface area contributed by atoms with Crippen LogP contribution in [0.3, 0.4) is 0 Å². The molecular weight excluding hydrogens is 456 g/mol. The number of thiazole rings is 1. The summed E-state index contributed by atoms with van der Waals surface area (Å²) in [5.41, 5.74) is 10.8. The maximum Gasteiger partial charge on any atom is 0.159 e. The van der Waals surface area contributed by atoms with E-state index in [0.29, 0.717) is 24.0 Å². The second-order valence-electron chi connectivity index (χ2n) is 9.54. The van der Waals surface area contributed by atoms with Crippen molar-refractivity contribution in [2.45, 2.75) is 56.1 Å². The molecule has 4 atom stereocenters. The summed E-state index contributed by atoms with van der Waals surface area (Å²) in [6.07, 6.45) is 9.35. The number of hydrogen-bond acceptors (Lipinski definition) is 7. The predicted molar refractivity (Wildman–Crippen MR) is 132 cm³/mol. The van der Waals surface area contributed by atoms with E-state index in [2.05, 4.69) is 16.0 Å². The molecule has 3 aliphatic heterocycles. The summed E-state index contributed by atoms with van der Waals surface area (Å²) in [5.74, 6) is 1.32. The summed E-state index contributed by atoms with van der Waals surface area (Å²) in [7, 11) is 0. The number of nitrogens with two attached hydrogens (primary N) is 1. The molecule has 0 amide bonds. The zero-order chi connectivity index (χ0) is 22.1. The molecule has 170 valence electrons. The Balaban J connectivity index is 1.26. The van der Waals surface area contributed by atoms with Crippen LogP contribution in [0.2, 0.25) is 5.02 Å². The quantitative estimate of drug-likeness (QED) is 0.435. The molecule has 33 heavy (non-hydrogen) atoms. The summed E-state index contributed by atoms with van der Waals surface area (Å²) < 4.78 is 6.57. The molecule has 3 N–H and O–H groups in total. The van der Waals surface area contributed by atoms with E-state index in [9.17, 15) is 0 Å². The Bertz CT molecular complexity index is 1350. The molecule has 4 aromatic rings. The van der Waals surface area contributed by atoms with Crippen molar-refractivity contribution >= 4 is 50.1 Å². The predicted octanol–water partition coefficient (Wildman–Crippen LogP) is 4.85. The minimum atomic E-state index is 0.304. The van der Waals surface area contributed by atoms with Crippen LogP contribution in [0.5, 0.6) is 0 Å². The minimum absolute atomic E-state index is 0.304. The molecule has 9 heteroatoms. The lowest BCUT2D eigenvalue weighted by Gasteiger charge is -2.38. The van der Waals surface area contributed by atoms with E-state index in [1.54, 1.807) is 11.3 Å². The number of piperidine rings is 1. The van der Waals surface area contributed by atoms with Gasteiger partial charge in [-0.15, -0.1) is 11.3 Å². The number of nitrogens with zero attached hydrogens (tertiary/aromatic N) is 4. The highest BCUT2D eigenvalue weighted by molar-refractivity contribution is 7.19. The minimum Gasteiger partial charge on any atom is -0.381 e. The van der Waals surface area contributed by atoms with Gasteiger partial charge in [-0.3, -0.25) is 0 Å². The molecule has 0 aliphatic carbocycles. The SMILES string of the molecule is N[C@H]1C[C@H]2CC[C@@H](C1)N2c1cnc2c(-c3ccc4nc(C5CCOC5)sc4c3Cl)c[nH]c2n1. The van der Waals surface area contributed by atoms with Crippen LogP contribution in [0.1, 0.15) is 43.0 Å². The van der Waals surface area contributed by atoms with E-state index in [1.807, 2.05) is 18.5 Å². The average molecular weight is 481 g/mol. The normalized spacial score (nSPS) is 27.3. The standard InChI is InChI=1S/C24H25ClN6OS/c25-20-16(3-4-18-22(20)33-24(29-18)12-5-6-32-11-12)17-9-28-23-21(17)27-10-19(30-23)31-14-1-2-15(31)8-13(26)7-14/h3-4,9-10,12-15H,1-2,5-8,11,26H2,(H,28,30)/t12?,13-,14+,15-. The van der Waals surface area contributed by atoms with Crippen molar-refractivity contribution < 1.29 is 4.74 Å². The van der Waals surface area contributed by atoms with Crippen LogP contribution in [0.25, 0.3) is 32.5 Å². The molecule has 1 unspecified atom stereocenters. The van der Waals surface area contributed by atoms with Crippen LogP contribution in [-0.2, 0) is 4.74 Å². The van der Waals surface area contributed by atoms with Gasteiger partial charge in [0.2, 0.25) is 0 Å². The topological polar surface area (TPSA) is 93.0 Å². The largest absolute Gasteiger partial charge is 0.381 e. The summed E-state index contributed by atoms with van der Waals surface area (Å²) >= 11 is 8.60. The van der Waals surface area contributed by atoms with Crippen molar-refractivity contribution in [1.29, 1.82) is 0 Å². The van der Waals surface area contributed by atoms with Crippen molar-refractivity contribution in [3.05, 3.63) is 34.6 Å². The molecular formula is C24H25ClN6OS. The first-order valence-electron chi connectivity index (χ1n) is 11.7. The molecule has 1 aromatic carbocycles. The molecule has 0 spiro atoms. The van der Waals surface area contributed by atoms with Crippen LogP contribution in [-0.4, -0.2) is 51.3 Å². The van der Waals surface area contributed by atoms with Gasteiger partial charge in [0.1, 0.15) is 11.3 Å². The Hall–Kier alpha value is -2.26. The van der Waals surface area contributed by atoms with Gasteiger partial charge in [-0.05, 0) is 38.2 Å². The number of rotatable bonds is 3. The summed E-state index contributed by atoms with van der Waals surface area (Å²) in [4.78, 5) is 20.4. The van der Waals surface area contributed by atoms with E-state index >= 15 is 0 Å². The highest BCUT2D eigenvalue weighted by Gasteiger charge is 2.40. The van der Waals surface area contributed by atoms with E-state index in [-0.39, 0.29) is 0 Å². The van der Waals surface area contributed by atoms with E-state index in [0.717, 1.165) is 80.8 Å². The van der Waals surface area contributed by atoms with Crippen LogP contribution in [0, 0.1) is 0 Å². The van der Waals surface area contributed by atoms with Gasteiger partial charge in [-0.25, -0.2) is 15.0 Å². The van der Waals surface area contributed by atoms with Crippen molar-refractivity contribution in [2.75, 3.05) is 18.1 Å². The Morgan fingerprint density at radius 3 is 2.76 bits per heavy atom. The molecule has 6 heterocycles. The third-order valence-electron chi connectivity index (χ3n) is 7.48.